The van der Waals surface area contributed by atoms with Crippen LogP contribution >= 0.6 is 0 Å². The monoisotopic (exact) mass is 289 g/mol. The van der Waals surface area contributed by atoms with Crippen molar-refractivity contribution in [2.75, 3.05) is 26.2 Å². The SMILES string of the molecule is Cc1cnccc1CN1CCC(N2CCC[C@@H](O)C2)CC1. The molecular formula is C17H27N3O. The lowest BCUT2D eigenvalue weighted by Crippen LogP contribution is -2.49. The van der Waals surface area contributed by atoms with E-state index in [0.29, 0.717) is 6.04 Å². The maximum absolute atomic E-state index is 9.83. The number of rotatable bonds is 3. The van der Waals surface area contributed by atoms with E-state index in [1.165, 1.54) is 43.6 Å². The molecule has 0 unspecified atom stereocenters. The molecule has 1 N–H and O–H groups in total. The number of aryl methyl sites for hydroxylation is 1. The smallest absolute Gasteiger partial charge is 0.0667 e. The Morgan fingerprint density at radius 3 is 2.76 bits per heavy atom. The maximum atomic E-state index is 9.83. The lowest BCUT2D eigenvalue weighted by molar-refractivity contribution is 0.0243. The summed E-state index contributed by atoms with van der Waals surface area (Å²) in [6.45, 7) is 7.57. The fraction of sp³-hybridized carbons (Fsp3) is 0.706. The predicted octanol–water partition coefficient (Wildman–Crippen LogP) is 1.81. The quantitative estimate of drug-likeness (QED) is 0.921. The standard InChI is InChI=1S/C17H27N3O/c1-14-11-18-7-4-15(14)12-19-9-5-16(6-10-19)20-8-2-3-17(21)13-20/h4,7,11,16-17,21H,2-3,5-6,8-10,12-13H2,1H3/t17-/m1/s1. The molecule has 0 bridgehead atoms. The molecular weight excluding hydrogens is 262 g/mol. The molecule has 1 aromatic rings. The number of hydrogen-bond acceptors (Lipinski definition) is 4. The van der Waals surface area contributed by atoms with Crippen LogP contribution in [0.15, 0.2) is 18.5 Å². The van der Waals surface area contributed by atoms with Crippen molar-refractivity contribution in [1.29, 1.82) is 0 Å². The zero-order valence-corrected chi connectivity index (χ0v) is 13.0. The van der Waals surface area contributed by atoms with Crippen LogP contribution in [-0.2, 0) is 6.54 Å². The molecule has 1 aromatic heterocycles. The van der Waals surface area contributed by atoms with Crippen LogP contribution in [0.2, 0.25) is 0 Å². The van der Waals surface area contributed by atoms with Crippen LogP contribution in [0.3, 0.4) is 0 Å². The molecule has 2 saturated heterocycles. The molecule has 0 aliphatic carbocycles. The Kier molecular flexibility index (Phi) is 4.88. The van der Waals surface area contributed by atoms with Crippen molar-refractivity contribution in [3.8, 4) is 0 Å². The van der Waals surface area contributed by atoms with Gasteiger partial charge in [0.1, 0.15) is 0 Å². The van der Waals surface area contributed by atoms with E-state index in [9.17, 15) is 5.11 Å². The van der Waals surface area contributed by atoms with Gasteiger partial charge in [-0.05, 0) is 69.4 Å². The highest BCUT2D eigenvalue weighted by Crippen LogP contribution is 2.22. The first kappa shape index (κ1) is 14.9. The van der Waals surface area contributed by atoms with Crippen LogP contribution in [0.4, 0.5) is 0 Å². The molecule has 3 rings (SSSR count). The number of β-amino-alcohol motifs (C(OH)–C–C–N with tert-alkyl or cyclic N) is 1. The van der Waals surface area contributed by atoms with Crippen LogP contribution in [-0.4, -0.2) is 58.2 Å². The van der Waals surface area contributed by atoms with Gasteiger partial charge in [0.15, 0.2) is 0 Å². The van der Waals surface area contributed by atoms with Gasteiger partial charge >= 0.3 is 0 Å². The van der Waals surface area contributed by atoms with E-state index in [1.807, 2.05) is 12.4 Å². The lowest BCUT2D eigenvalue weighted by atomic mass is 9.98. The third-order valence-electron chi connectivity index (χ3n) is 5.03. The van der Waals surface area contributed by atoms with E-state index in [4.69, 9.17) is 0 Å². The fourth-order valence-electron chi connectivity index (χ4n) is 3.68. The lowest BCUT2D eigenvalue weighted by Gasteiger charge is -2.41. The molecule has 116 valence electrons. The Labute approximate surface area is 127 Å². The summed E-state index contributed by atoms with van der Waals surface area (Å²) in [6.07, 6.45) is 8.35. The van der Waals surface area contributed by atoms with Gasteiger partial charge in [-0.3, -0.25) is 14.8 Å². The number of piperidine rings is 2. The van der Waals surface area contributed by atoms with Gasteiger partial charge in [0.25, 0.3) is 0 Å². The van der Waals surface area contributed by atoms with Gasteiger partial charge in [-0.1, -0.05) is 0 Å². The molecule has 0 saturated carbocycles. The molecule has 2 fully saturated rings. The minimum Gasteiger partial charge on any atom is -0.392 e. The van der Waals surface area contributed by atoms with Gasteiger partial charge in [0.2, 0.25) is 0 Å². The van der Waals surface area contributed by atoms with E-state index >= 15 is 0 Å². The number of aliphatic hydroxyl groups excluding tert-OH is 1. The molecule has 1 atom stereocenters. The molecule has 0 aromatic carbocycles. The van der Waals surface area contributed by atoms with Crippen molar-refractivity contribution in [2.45, 2.75) is 51.3 Å². The summed E-state index contributed by atoms with van der Waals surface area (Å²) in [5.74, 6) is 0. The van der Waals surface area contributed by atoms with Gasteiger partial charge in [-0.2, -0.15) is 0 Å². The summed E-state index contributed by atoms with van der Waals surface area (Å²) in [4.78, 5) is 9.24. The molecule has 0 spiro atoms. The van der Waals surface area contributed by atoms with Crippen LogP contribution < -0.4 is 0 Å². The van der Waals surface area contributed by atoms with Crippen molar-refractivity contribution >= 4 is 0 Å². The zero-order valence-electron chi connectivity index (χ0n) is 13.0. The van der Waals surface area contributed by atoms with Gasteiger partial charge in [-0.25, -0.2) is 0 Å². The summed E-state index contributed by atoms with van der Waals surface area (Å²) in [6, 6.07) is 2.82. The van der Waals surface area contributed by atoms with Crippen LogP contribution in [0.5, 0.6) is 0 Å². The molecule has 4 nitrogen and oxygen atoms in total. The van der Waals surface area contributed by atoms with Crippen molar-refractivity contribution < 1.29 is 5.11 Å². The summed E-state index contributed by atoms with van der Waals surface area (Å²) in [5, 5.41) is 9.83. The summed E-state index contributed by atoms with van der Waals surface area (Å²) < 4.78 is 0. The van der Waals surface area contributed by atoms with Gasteiger partial charge in [0.05, 0.1) is 6.10 Å². The van der Waals surface area contributed by atoms with E-state index < -0.39 is 0 Å². The minimum absolute atomic E-state index is 0.101. The van der Waals surface area contributed by atoms with E-state index in [2.05, 4.69) is 27.8 Å². The Bertz CT molecular complexity index is 457. The van der Waals surface area contributed by atoms with Crippen molar-refractivity contribution in [2.24, 2.45) is 0 Å². The highest BCUT2D eigenvalue weighted by Gasteiger charge is 2.28. The summed E-state index contributed by atoms with van der Waals surface area (Å²) >= 11 is 0. The second kappa shape index (κ2) is 6.86. The average Bonchev–Trinajstić information content (AvgIpc) is 2.50. The number of nitrogens with zero attached hydrogens (tertiary/aromatic N) is 3. The first-order valence-electron chi connectivity index (χ1n) is 8.26. The fourth-order valence-corrected chi connectivity index (χ4v) is 3.68. The second-order valence-electron chi connectivity index (χ2n) is 6.60. The second-order valence-corrected chi connectivity index (χ2v) is 6.60. The van der Waals surface area contributed by atoms with Crippen LogP contribution in [0.25, 0.3) is 0 Å². The molecule has 0 amide bonds. The van der Waals surface area contributed by atoms with E-state index in [0.717, 1.165) is 25.9 Å². The topological polar surface area (TPSA) is 39.6 Å². The highest BCUT2D eigenvalue weighted by atomic mass is 16.3. The number of hydrogen-bond donors (Lipinski definition) is 1. The zero-order chi connectivity index (χ0) is 14.7. The maximum Gasteiger partial charge on any atom is 0.0667 e. The number of aromatic nitrogens is 1. The predicted molar refractivity (Wildman–Crippen MR) is 84.1 cm³/mol. The van der Waals surface area contributed by atoms with Crippen LogP contribution in [0, 0.1) is 6.92 Å². The number of pyridine rings is 1. The molecule has 2 aliphatic heterocycles. The Morgan fingerprint density at radius 1 is 1.24 bits per heavy atom. The molecule has 0 radical (unpaired) electrons. The Morgan fingerprint density at radius 2 is 2.05 bits per heavy atom. The third-order valence-corrected chi connectivity index (χ3v) is 5.03. The molecule has 4 heteroatoms. The summed E-state index contributed by atoms with van der Waals surface area (Å²) in [5.41, 5.74) is 2.69. The largest absolute Gasteiger partial charge is 0.392 e. The normalized spacial score (nSPS) is 26.1. The Hall–Kier alpha value is -0.970. The van der Waals surface area contributed by atoms with Crippen molar-refractivity contribution in [1.82, 2.24) is 14.8 Å². The van der Waals surface area contributed by atoms with Crippen molar-refractivity contribution in [3.05, 3.63) is 29.6 Å². The molecule has 2 aliphatic rings. The van der Waals surface area contributed by atoms with Crippen LogP contribution in [0.1, 0.15) is 36.8 Å². The highest BCUT2D eigenvalue weighted by molar-refractivity contribution is 5.21. The first-order valence-corrected chi connectivity index (χ1v) is 8.26. The van der Waals surface area contributed by atoms with Gasteiger partial charge < -0.3 is 5.11 Å². The molecule has 3 heterocycles. The molecule has 21 heavy (non-hydrogen) atoms. The minimum atomic E-state index is -0.101. The third kappa shape index (κ3) is 3.82. The average molecular weight is 289 g/mol. The number of aliphatic hydroxyl groups is 1. The summed E-state index contributed by atoms with van der Waals surface area (Å²) in [7, 11) is 0. The first-order chi connectivity index (χ1) is 10.2. The van der Waals surface area contributed by atoms with E-state index in [-0.39, 0.29) is 6.10 Å². The van der Waals surface area contributed by atoms with Gasteiger partial charge in [-0.15, -0.1) is 0 Å². The Balaban J connectivity index is 1.50. The van der Waals surface area contributed by atoms with Gasteiger partial charge in [0, 0.05) is 31.5 Å². The van der Waals surface area contributed by atoms with Crippen molar-refractivity contribution in [3.63, 3.8) is 0 Å². The van der Waals surface area contributed by atoms with E-state index in [1.54, 1.807) is 0 Å². The number of likely N-dealkylation sites (tertiary alicyclic amines) is 2.